The SMILES string of the molecule is CCC(N)CCOC(C)(C)CCC(C)(C)NC(=O)CCc1ccc(N2C(=O)C=CC2=O)cc1. The number of hydrogen-bond acceptors (Lipinski definition) is 5. The van der Waals surface area contributed by atoms with E-state index in [9.17, 15) is 14.4 Å². The van der Waals surface area contributed by atoms with Crippen LogP contribution in [-0.2, 0) is 25.5 Å². The number of nitrogens with two attached hydrogens (primary N) is 1. The maximum Gasteiger partial charge on any atom is 0.258 e. The summed E-state index contributed by atoms with van der Waals surface area (Å²) in [7, 11) is 0. The fourth-order valence-electron chi connectivity index (χ4n) is 3.60. The molecule has 0 spiro atoms. The molecular weight excluding hydrogens is 418 g/mol. The molecule has 7 heteroatoms. The Morgan fingerprint density at radius 2 is 1.67 bits per heavy atom. The lowest BCUT2D eigenvalue weighted by Crippen LogP contribution is -2.45. The zero-order chi connectivity index (χ0) is 24.6. The smallest absolute Gasteiger partial charge is 0.258 e. The summed E-state index contributed by atoms with van der Waals surface area (Å²) in [4.78, 5) is 37.2. The average molecular weight is 458 g/mol. The van der Waals surface area contributed by atoms with Gasteiger partial charge in [0.1, 0.15) is 0 Å². The third-order valence-corrected chi connectivity index (χ3v) is 5.98. The minimum Gasteiger partial charge on any atom is -0.376 e. The Morgan fingerprint density at radius 3 is 2.24 bits per heavy atom. The van der Waals surface area contributed by atoms with Crippen molar-refractivity contribution in [2.24, 2.45) is 5.73 Å². The van der Waals surface area contributed by atoms with Gasteiger partial charge in [-0.3, -0.25) is 14.4 Å². The highest BCUT2D eigenvalue weighted by atomic mass is 16.5. The van der Waals surface area contributed by atoms with Gasteiger partial charge in [-0.1, -0.05) is 19.1 Å². The molecule has 1 unspecified atom stereocenters. The van der Waals surface area contributed by atoms with Gasteiger partial charge in [-0.15, -0.1) is 0 Å². The van der Waals surface area contributed by atoms with E-state index in [-0.39, 0.29) is 34.9 Å². The van der Waals surface area contributed by atoms with Crippen LogP contribution in [0.3, 0.4) is 0 Å². The van der Waals surface area contributed by atoms with Gasteiger partial charge in [-0.25, -0.2) is 4.90 Å². The predicted molar refractivity (Wildman–Crippen MR) is 131 cm³/mol. The van der Waals surface area contributed by atoms with Crippen LogP contribution in [0.25, 0.3) is 0 Å². The van der Waals surface area contributed by atoms with Crippen molar-refractivity contribution >= 4 is 23.4 Å². The molecule has 0 saturated heterocycles. The molecular formula is C26H39N3O4. The molecule has 1 heterocycles. The van der Waals surface area contributed by atoms with Crippen molar-refractivity contribution in [3.63, 3.8) is 0 Å². The zero-order valence-electron chi connectivity index (χ0n) is 20.6. The lowest BCUT2D eigenvalue weighted by Gasteiger charge is -2.32. The number of anilines is 1. The quantitative estimate of drug-likeness (QED) is 0.440. The topological polar surface area (TPSA) is 102 Å². The summed E-state index contributed by atoms with van der Waals surface area (Å²) >= 11 is 0. The Balaban J connectivity index is 1.76. The normalized spacial score (nSPS) is 15.3. The molecule has 0 aliphatic carbocycles. The van der Waals surface area contributed by atoms with E-state index in [0.29, 0.717) is 25.1 Å². The molecule has 3 N–H and O–H groups in total. The number of nitrogens with zero attached hydrogens (tertiary/aromatic N) is 1. The summed E-state index contributed by atoms with van der Waals surface area (Å²) < 4.78 is 6.03. The van der Waals surface area contributed by atoms with E-state index in [0.717, 1.165) is 36.1 Å². The van der Waals surface area contributed by atoms with Crippen LogP contribution in [-0.4, -0.2) is 41.5 Å². The first-order valence-corrected chi connectivity index (χ1v) is 11.8. The third-order valence-electron chi connectivity index (χ3n) is 5.98. The van der Waals surface area contributed by atoms with Gasteiger partial charge in [-0.05, 0) is 77.5 Å². The number of carbonyl (C=O) groups is 3. The predicted octanol–water partition coefficient (Wildman–Crippen LogP) is 3.65. The molecule has 0 fully saturated rings. The van der Waals surface area contributed by atoms with E-state index in [4.69, 9.17) is 10.5 Å². The van der Waals surface area contributed by atoms with E-state index in [1.807, 2.05) is 26.0 Å². The van der Waals surface area contributed by atoms with Crippen molar-refractivity contribution in [3.8, 4) is 0 Å². The van der Waals surface area contributed by atoms with Crippen molar-refractivity contribution in [1.82, 2.24) is 5.32 Å². The lowest BCUT2D eigenvalue weighted by molar-refractivity contribution is -0.123. The average Bonchev–Trinajstić information content (AvgIpc) is 3.09. The molecule has 182 valence electrons. The number of rotatable bonds is 13. The number of carbonyl (C=O) groups excluding carboxylic acids is 3. The largest absolute Gasteiger partial charge is 0.376 e. The summed E-state index contributed by atoms with van der Waals surface area (Å²) in [5.41, 5.74) is 6.85. The molecule has 0 bridgehead atoms. The molecule has 1 aliphatic rings. The van der Waals surface area contributed by atoms with Crippen LogP contribution in [0.5, 0.6) is 0 Å². The number of aryl methyl sites for hydroxylation is 1. The number of nitrogens with one attached hydrogen (secondary N) is 1. The number of amides is 3. The van der Waals surface area contributed by atoms with Crippen molar-refractivity contribution < 1.29 is 19.1 Å². The maximum atomic E-state index is 12.5. The summed E-state index contributed by atoms with van der Waals surface area (Å²) in [6.07, 6.45) is 6.88. The maximum absolute atomic E-state index is 12.5. The summed E-state index contributed by atoms with van der Waals surface area (Å²) in [5.74, 6) is -0.689. The fourth-order valence-corrected chi connectivity index (χ4v) is 3.60. The van der Waals surface area contributed by atoms with E-state index < -0.39 is 0 Å². The Hall–Kier alpha value is -2.51. The Labute approximate surface area is 197 Å². The Morgan fingerprint density at radius 1 is 1.06 bits per heavy atom. The van der Waals surface area contributed by atoms with E-state index >= 15 is 0 Å². The van der Waals surface area contributed by atoms with Gasteiger partial charge >= 0.3 is 0 Å². The van der Waals surface area contributed by atoms with Gasteiger partial charge in [0.15, 0.2) is 0 Å². The minimum atomic E-state index is -0.342. The highest BCUT2D eigenvalue weighted by molar-refractivity contribution is 6.28. The molecule has 2 rings (SSSR count). The first kappa shape index (κ1) is 26.7. The molecule has 1 aromatic rings. The second kappa shape index (κ2) is 11.6. The van der Waals surface area contributed by atoms with E-state index in [1.165, 1.54) is 12.2 Å². The zero-order valence-corrected chi connectivity index (χ0v) is 20.6. The lowest BCUT2D eigenvalue weighted by atomic mass is 9.91. The van der Waals surface area contributed by atoms with Gasteiger partial charge in [0.25, 0.3) is 11.8 Å². The van der Waals surface area contributed by atoms with Crippen LogP contribution in [0.1, 0.15) is 72.3 Å². The summed E-state index contributed by atoms with van der Waals surface area (Å²) in [6, 6.07) is 7.33. The third kappa shape index (κ3) is 8.74. The van der Waals surface area contributed by atoms with Crippen LogP contribution in [0.4, 0.5) is 5.69 Å². The summed E-state index contributed by atoms with van der Waals surface area (Å²) in [6.45, 7) is 10.9. The van der Waals surface area contributed by atoms with Crippen molar-refractivity contribution in [3.05, 3.63) is 42.0 Å². The van der Waals surface area contributed by atoms with E-state index in [1.54, 1.807) is 12.1 Å². The highest BCUT2D eigenvalue weighted by Gasteiger charge is 2.27. The van der Waals surface area contributed by atoms with Gasteiger partial charge in [-0.2, -0.15) is 0 Å². The number of ether oxygens (including phenoxy) is 1. The Bertz CT molecular complexity index is 841. The van der Waals surface area contributed by atoms with Crippen LogP contribution >= 0.6 is 0 Å². The molecule has 3 amide bonds. The van der Waals surface area contributed by atoms with Crippen LogP contribution in [0, 0.1) is 0 Å². The molecule has 0 aromatic heterocycles. The summed E-state index contributed by atoms with van der Waals surface area (Å²) in [5, 5.41) is 3.13. The molecule has 0 saturated carbocycles. The highest BCUT2D eigenvalue weighted by Crippen LogP contribution is 2.23. The van der Waals surface area contributed by atoms with Crippen LogP contribution < -0.4 is 16.0 Å². The standard InChI is InChI=1S/C26H39N3O4/c1-6-20(27)15-18-33-26(4,5)17-16-25(2,3)28-22(30)12-9-19-7-10-21(11-8-19)29-23(31)13-14-24(29)32/h7-8,10-11,13-14,20H,6,9,12,15-18,27H2,1-5H3,(H,28,30). The van der Waals surface area contributed by atoms with Crippen molar-refractivity contribution in [2.45, 2.75) is 90.3 Å². The molecule has 33 heavy (non-hydrogen) atoms. The second-order valence-corrected chi connectivity index (χ2v) is 10.0. The number of imide groups is 1. The molecule has 1 atom stereocenters. The van der Waals surface area contributed by atoms with Crippen LogP contribution in [0.2, 0.25) is 0 Å². The first-order valence-electron chi connectivity index (χ1n) is 11.8. The van der Waals surface area contributed by atoms with E-state index in [2.05, 4.69) is 26.1 Å². The minimum absolute atomic E-state index is 0.00850. The molecule has 1 aliphatic heterocycles. The van der Waals surface area contributed by atoms with Gasteiger partial charge in [0.2, 0.25) is 5.91 Å². The van der Waals surface area contributed by atoms with Gasteiger partial charge in [0.05, 0.1) is 11.3 Å². The van der Waals surface area contributed by atoms with Crippen LogP contribution in [0.15, 0.2) is 36.4 Å². The van der Waals surface area contributed by atoms with Gasteiger partial charge in [0, 0.05) is 36.8 Å². The van der Waals surface area contributed by atoms with Crippen molar-refractivity contribution in [2.75, 3.05) is 11.5 Å². The number of hydrogen-bond donors (Lipinski definition) is 2. The molecule has 1 aromatic carbocycles. The van der Waals surface area contributed by atoms with Gasteiger partial charge < -0.3 is 15.8 Å². The van der Waals surface area contributed by atoms with Crippen molar-refractivity contribution in [1.29, 1.82) is 0 Å². The molecule has 0 radical (unpaired) electrons. The second-order valence-electron chi connectivity index (χ2n) is 10.0. The Kier molecular flexibility index (Phi) is 9.37. The molecule has 7 nitrogen and oxygen atoms in total. The fraction of sp³-hybridized carbons (Fsp3) is 0.577. The monoisotopic (exact) mass is 457 g/mol. The first-order chi connectivity index (χ1) is 15.4. The number of benzene rings is 1.